The molecule has 2 aliphatic heterocycles. The molecule has 28 heavy (non-hydrogen) atoms. The molecule has 2 saturated heterocycles. The van der Waals surface area contributed by atoms with Gasteiger partial charge in [0, 0.05) is 6.04 Å². The van der Waals surface area contributed by atoms with Crippen molar-refractivity contribution in [2.75, 3.05) is 19.7 Å². The number of carboxylic acid groups (broad SMARTS) is 1. The molecule has 6 heteroatoms. The SMILES string of the molecule is CC(=O)[C@@]1(C2CC2)CC[C@@H](N2CCC(c3cc(F)cc(C(=O)O)c3)CC2)CO1. The first-order valence-corrected chi connectivity index (χ1v) is 10.3. The maximum absolute atomic E-state index is 13.8. The predicted octanol–water partition coefficient (Wildman–Crippen LogP) is 3.62. The van der Waals surface area contributed by atoms with Crippen molar-refractivity contribution in [2.24, 2.45) is 5.92 Å². The molecule has 1 saturated carbocycles. The van der Waals surface area contributed by atoms with Crippen molar-refractivity contribution in [2.45, 2.75) is 63.0 Å². The summed E-state index contributed by atoms with van der Waals surface area (Å²) in [6.45, 7) is 4.03. The lowest BCUT2D eigenvalue weighted by Gasteiger charge is -2.44. The van der Waals surface area contributed by atoms with E-state index in [4.69, 9.17) is 9.84 Å². The van der Waals surface area contributed by atoms with Crippen molar-refractivity contribution in [1.29, 1.82) is 0 Å². The van der Waals surface area contributed by atoms with Crippen LogP contribution in [-0.4, -0.2) is 53.1 Å². The fourth-order valence-electron chi connectivity index (χ4n) is 5.08. The van der Waals surface area contributed by atoms with Gasteiger partial charge >= 0.3 is 5.97 Å². The quantitative estimate of drug-likeness (QED) is 0.833. The number of Topliss-reactive ketones (excluding diaryl/α,β-unsaturated/α-hetero) is 1. The first-order chi connectivity index (χ1) is 13.4. The molecule has 2 heterocycles. The van der Waals surface area contributed by atoms with Crippen LogP contribution in [0.4, 0.5) is 4.39 Å². The molecular formula is C22H28FNO4. The van der Waals surface area contributed by atoms with Crippen molar-refractivity contribution in [3.8, 4) is 0 Å². The van der Waals surface area contributed by atoms with Crippen molar-refractivity contribution >= 4 is 11.8 Å². The van der Waals surface area contributed by atoms with Gasteiger partial charge in [0.25, 0.3) is 0 Å². The van der Waals surface area contributed by atoms with Crippen LogP contribution in [0.15, 0.2) is 18.2 Å². The standard InChI is InChI=1S/C22H28FNO4/c1-14(25)22(18-2-3-18)7-4-20(13-28-22)24-8-5-15(6-9-24)16-10-17(21(26)27)12-19(23)11-16/h10-12,15,18,20H,2-9,13H2,1H3,(H,26,27)/t20-,22-/m1/s1. The normalized spacial score (nSPS) is 29.6. The summed E-state index contributed by atoms with van der Waals surface area (Å²) in [7, 11) is 0. The summed E-state index contributed by atoms with van der Waals surface area (Å²) in [4.78, 5) is 25.8. The van der Waals surface area contributed by atoms with Crippen LogP contribution in [0.5, 0.6) is 0 Å². The van der Waals surface area contributed by atoms with E-state index in [1.807, 2.05) is 0 Å². The molecule has 0 aromatic heterocycles. The zero-order chi connectivity index (χ0) is 19.9. The van der Waals surface area contributed by atoms with Gasteiger partial charge in [0.1, 0.15) is 11.4 Å². The number of halogens is 1. The van der Waals surface area contributed by atoms with E-state index in [2.05, 4.69) is 4.90 Å². The Hall–Kier alpha value is -1.79. The Kier molecular flexibility index (Phi) is 5.27. The number of likely N-dealkylation sites (tertiary alicyclic amines) is 1. The number of aromatic carboxylic acids is 1. The number of rotatable bonds is 5. The molecule has 1 aliphatic carbocycles. The summed E-state index contributed by atoms with van der Waals surface area (Å²) in [5.41, 5.74) is 0.254. The van der Waals surface area contributed by atoms with E-state index in [1.165, 1.54) is 6.07 Å². The van der Waals surface area contributed by atoms with Gasteiger partial charge in [0.05, 0.1) is 12.2 Å². The Morgan fingerprint density at radius 3 is 2.39 bits per heavy atom. The summed E-state index contributed by atoms with van der Waals surface area (Å²) >= 11 is 0. The molecule has 152 valence electrons. The second-order valence-corrected chi connectivity index (χ2v) is 8.61. The van der Waals surface area contributed by atoms with Crippen molar-refractivity contribution < 1.29 is 23.8 Å². The van der Waals surface area contributed by atoms with Crippen molar-refractivity contribution in [3.05, 3.63) is 35.1 Å². The minimum absolute atomic E-state index is 0.0127. The molecule has 4 rings (SSSR count). The Morgan fingerprint density at radius 2 is 1.86 bits per heavy atom. The van der Waals surface area contributed by atoms with Crippen LogP contribution >= 0.6 is 0 Å². The number of carbonyl (C=O) groups is 2. The molecule has 1 N–H and O–H groups in total. The molecule has 1 aromatic carbocycles. The lowest BCUT2D eigenvalue weighted by atomic mass is 9.83. The highest BCUT2D eigenvalue weighted by Gasteiger charge is 2.52. The lowest BCUT2D eigenvalue weighted by molar-refractivity contribution is -0.160. The van der Waals surface area contributed by atoms with Gasteiger partial charge in [-0.2, -0.15) is 0 Å². The molecule has 0 spiro atoms. The van der Waals surface area contributed by atoms with Gasteiger partial charge < -0.3 is 9.84 Å². The van der Waals surface area contributed by atoms with Gasteiger partial charge in [-0.3, -0.25) is 9.69 Å². The van der Waals surface area contributed by atoms with Crippen LogP contribution in [0.3, 0.4) is 0 Å². The molecule has 1 aromatic rings. The highest BCUT2D eigenvalue weighted by molar-refractivity contribution is 5.87. The van der Waals surface area contributed by atoms with E-state index < -0.39 is 17.4 Å². The fraction of sp³-hybridized carbons (Fsp3) is 0.636. The summed E-state index contributed by atoms with van der Waals surface area (Å²) in [6.07, 6.45) is 5.73. The molecule has 0 unspecified atom stereocenters. The third-order valence-corrected chi connectivity index (χ3v) is 6.90. The molecule has 3 fully saturated rings. The minimum atomic E-state index is -1.10. The Balaban J connectivity index is 1.35. The molecule has 5 nitrogen and oxygen atoms in total. The smallest absolute Gasteiger partial charge is 0.335 e. The maximum atomic E-state index is 13.8. The summed E-state index contributed by atoms with van der Waals surface area (Å²) in [5, 5.41) is 9.16. The van der Waals surface area contributed by atoms with Gasteiger partial charge in [-0.05, 0) is 94.1 Å². The average Bonchev–Trinajstić information content (AvgIpc) is 3.53. The number of hydrogen-bond donors (Lipinski definition) is 1. The van der Waals surface area contributed by atoms with Crippen LogP contribution in [0.2, 0.25) is 0 Å². The number of nitrogens with zero attached hydrogens (tertiary/aromatic N) is 1. The molecule has 2 atom stereocenters. The predicted molar refractivity (Wildman–Crippen MR) is 102 cm³/mol. The number of benzene rings is 1. The number of ether oxygens (including phenoxy) is 1. The Labute approximate surface area is 164 Å². The third kappa shape index (κ3) is 3.72. The molecule has 0 bridgehead atoms. The summed E-state index contributed by atoms with van der Waals surface area (Å²) in [6, 6.07) is 4.47. The number of piperidine rings is 1. The molecule has 0 amide bonds. The second kappa shape index (κ2) is 7.56. The molecule has 0 radical (unpaired) electrons. The van der Waals surface area contributed by atoms with Crippen LogP contribution in [0.1, 0.15) is 67.3 Å². The second-order valence-electron chi connectivity index (χ2n) is 8.61. The molecule has 3 aliphatic rings. The first kappa shape index (κ1) is 19.5. The zero-order valence-corrected chi connectivity index (χ0v) is 16.3. The number of ketones is 1. The average molecular weight is 389 g/mol. The number of hydrogen-bond acceptors (Lipinski definition) is 4. The zero-order valence-electron chi connectivity index (χ0n) is 16.3. The summed E-state index contributed by atoms with van der Waals surface area (Å²) in [5.74, 6) is -0.821. The largest absolute Gasteiger partial charge is 0.478 e. The number of carbonyl (C=O) groups excluding carboxylic acids is 1. The van der Waals surface area contributed by atoms with E-state index in [0.29, 0.717) is 18.6 Å². The van der Waals surface area contributed by atoms with Crippen LogP contribution < -0.4 is 0 Å². The van der Waals surface area contributed by atoms with E-state index in [1.54, 1.807) is 13.0 Å². The highest BCUT2D eigenvalue weighted by Crippen LogP contribution is 2.47. The van der Waals surface area contributed by atoms with E-state index >= 15 is 0 Å². The Morgan fingerprint density at radius 1 is 1.14 bits per heavy atom. The van der Waals surface area contributed by atoms with Gasteiger partial charge in [-0.25, -0.2) is 9.18 Å². The Bertz CT molecular complexity index is 760. The van der Waals surface area contributed by atoms with Crippen LogP contribution in [0.25, 0.3) is 0 Å². The lowest BCUT2D eigenvalue weighted by Crippen LogP contribution is -2.53. The summed E-state index contributed by atoms with van der Waals surface area (Å²) < 4.78 is 20.0. The highest BCUT2D eigenvalue weighted by atomic mass is 19.1. The maximum Gasteiger partial charge on any atom is 0.335 e. The minimum Gasteiger partial charge on any atom is -0.478 e. The van der Waals surface area contributed by atoms with Gasteiger partial charge in [0.2, 0.25) is 0 Å². The molecular weight excluding hydrogens is 361 g/mol. The van der Waals surface area contributed by atoms with Crippen LogP contribution in [-0.2, 0) is 9.53 Å². The van der Waals surface area contributed by atoms with Crippen LogP contribution in [0, 0.1) is 11.7 Å². The van der Waals surface area contributed by atoms with Gasteiger partial charge in [-0.15, -0.1) is 0 Å². The topological polar surface area (TPSA) is 66.8 Å². The monoisotopic (exact) mass is 389 g/mol. The van der Waals surface area contributed by atoms with Gasteiger partial charge in [-0.1, -0.05) is 0 Å². The van der Waals surface area contributed by atoms with Gasteiger partial charge in [0.15, 0.2) is 5.78 Å². The van der Waals surface area contributed by atoms with E-state index in [9.17, 15) is 14.0 Å². The third-order valence-electron chi connectivity index (χ3n) is 6.90. The van der Waals surface area contributed by atoms with E-state index in [-0.39, 0.29) is 17.3 Å². The number of carboxylic acids is 1. The van der Waals surface area contributed by atoms with E-state index in [0.717, 1.165) is 63.2 Å². The van der Waals surface area contributed by atoms with Crippen molar-refractivity contribution in [3.63, 3.8) is 0 Å². The fourth-order valence-corrected chi connectivity index (χ4v) is 5.08. The first-order valence-electron chi connectivity index (χ1n) is 10.3. The van der Waals surface area contributed by atoms with Crippen molar-refractivity contribution in [1.82, 2.24) is 4.90 Å².